The van der Waals surface area contributed by atoms with Crippen LogP contribution in [0.3, 0.4) is 0 Å². The third-order valence-corrected chi connectivity index (χ3v) is 2.65. The van der Waals surface area contributed by atoms with E-state index in [2.05, 4.69) is 0 Å². The predicted molar refractivity (Wildman–Crippen MR) is 57.5 cm³/mol. The fraction of sp³-hybridized carbons (Fsp3) is 0.909. The van der Waals surface area contributed by atoms with E-state index in [0.29, 0.717) is 19.0 Å². The summed E-state index contributed by atoms with van der Waals surface area (Å²) in [6.45, 7) is 9.04. The lowest BCUT2D eigenvalue weighted by atomic mass is 10.00. The molecule has 1 saturated heterocycles. The highest BCUT2D eigenvalue weighted by molar-refractivity contribution is 5.68. The van der Waals surface area contributed by atoms with Crippen LogP contribution in [0.4, 0.5) is 4.79 Å². The zero-order valence-corrected chi connectivity index (χ0v) is 9.99. The molecule has 0 aromatic carbocycles. The SMILES string of the molecule is C[C@H]1CN(C(=O)OC(C)(C)C)C[C@@H]1CO. The average molecular weight is 215 g/mol. The molecule has 0 aromatic heterocycles. The van der Waals surface area contributed by atoms with E-state index in [1.807, 2.05) is 27.7 Å². The molecule has 0 radical (unpaired) electrons. The Kier molecular flexibility index (Phi) is 3.60. The molecule has 0 spiro atoms. The Hall–Kier alpha value is -0.770. The molecule has 2 atom stereocenters. The van der Waals surface area contributed by atoms with E-state index in [0.717, 1.165) is 0 Å². The van der Waals surface area contributed by atoms with Crippen molar-refractivity contribution >= 4 is 6.09 Å². The molecule has 1 rings (SSSR count). The van der Waals surface area contributed by atoms with Gasteiger partial charge in [0.2, 0.25) is 0 Å². The van der Waals surface area contributed by atoms with E-state index >= 15 is 0 Å². The van der Waals surface area contributed by atoms with Crippen LogP contribution in [0.25, 0.3) is 0 Å². The molecule has 0 saturated carbocycles. The number of carbonyl (C=O) groups excluding carboxylic acids is 1. The summed E-state index contributed by atoms with van der Waals surface area (Å²) in [5.41, 5.74) is -0.447. The van der Waals surface area contributed by atoms with Crippen LogP contribution < -0.4 is 0 Å². The second-order valence-corrected chi connectivity index (χ2v) is 5.31. The fourth-order valence-electron chi connectivity index (χ4n) is 1.75. The van der Waals surface area contributed by atoms with E-state index in [-0.39, 0.29) is 18.6 Å². The Balaban J connectivity index is 2.50. The Morgan fingerprint density at radius 3 is 2.47 bits per heavy atom. The van der Waals surface area contributed by atoms with Crippen molar-refractivity contribution in [1.82, 2.24) is 4.90 Å². The molecule has 15 heavy (non-hydrogen) atoms. The number of aliphatic hydroxyl groups is 1. The van der Waals surface area contributed by atoms with Gasteiger partial charge in [-0.2, -0.15) is 0 Å². The molecule has 0 unspecified atom stereocenters. The monoisotopic (exact) mass is 215 g/mol. The molecule has 0 bridgehead atoms. The van der Waals surface area contributed by atoms with Crippen LogP contribution in [-0.4, -0.2) is 41.4 Å². The molecule has 0 aromatic rings. The number of nitrogens with zero attached hydrogens (tertiary/aromatic N) is 1. The van der Waals surface area contributed by atoms with Crippen LogP contribution >= 0.6 is 0 Å². The van der Waals surface area contributed by atoms with Gasteiger partial charge in [0.25, 0.3) is 0 Å². The van der Waals surface area contributed by atoms with Crippen molar-refractivity contribution in [1.29, 1.82) is 0 Å². The maximum absolute atomic E-state index is 11.7. The van der Waals surface area contributed by atoms with Gasteiger partial charge in [-0.3, -0.25) is 0 Å². The number of rotatable bonds is 1. The highest BCUT2D eigenvalue weighted by atomic mass is 16.6. The largest absolute Gasteiger partial charge is 0.444 e. The van der Waals surface area contributed by atoms with Gasteiger partial charge in [-0.1, -0.05) is 6.92 Å². The van der Waals surface area contributed by atoms with Crippen molar-refractivity contribution in [2.24, 2.45) is 11.8 Å². The lowest BCUT2D eigenvalue weighted by molar-refractivity contribution is 0.0281. The summed E-state index contributed by atoms with van der Waals surface area (Å²) in [6.07, 6.45) is -0.273. The van der Waals surface area contributed by atoms with Crippen molar-refractivity contribution in [3.8, 4) is 0 Å². The molecule has 1 aliphatic rings. The van der Waals surface area contributed by atoms with Crippen LogP contribution in [0.1, 0.15) is 27.7 Å². The van der Waals surface area contributed by atoms with Crippen LogP contribution in [0.5, 0.6) is 0 Å². The normalized spacial score (nSPS) is 26.9. The zero-order chi connectivity index (χ0) is 11.6. The lowest BCUT2D eigenvalue weighted by Crippen LogP contribution is -2.35. The van der Waals surface area contributed by atoms with E-state index in [1.54, 1.807) is 4.90 Å². The van der Waals surface area contributed by atoms with Crippen LogP contribution in [0, 0.1) is 11.8 Å². The quantitative estimate of drug-likeness (QED) is 0.720. The van der Waals surface area contributed by atoms with Gasteiger partial charge in [0.15, 0.2) is 0 Å². The topological polar surface area (TPSA) is 49.8 Å². The molecule has 88 valence electrons. The van der Waals surface area contributed by atoms with Gasteiger partial charge in [-0.05, 0) is 26.7 Å². The van der Waals surface area contributed by atoms with E-state index in [1.165, 1.54) is 0 Å². The molecule has 1 heterocycles. The average Bonchev–Trinajstić information content (AvgIpc) is 2.43. The molecular weight excluding hydrogens is 194 g/mol. The smallest absolute Gasteiger partial charge is 0.410 e. The number of hydrogen-bond donors (Lipinski definition) is 1. The van der Waals surface area contributed by atoms with Gasteiger partial charge in [0, 0.05) is 25.6 Å². The number of carbonyl (C=O) groups is 1. The van der Waals surface area contributed by atoms with Crippen LogP contribution in [0.15, 0.2) is 0 Å². The number of hydrogen-bond acceptors (Lipinski definition) is 3. The van der Waals surface area contributed by atoms with Gasteiger partial charge in [-0.25, -0.2) is 4.79 Å². The fourth-order valence-corrected chi connectivity index (χ4v) is 1.75. The van der Waals surface area contributed by atoms with E-state index < -0.39 is 5.60 Å². The third-order valence-electron chi connectivity index (χ3n) is 2.65. The Labute approximate surface area is 91.2 Å². The van der Waals surface area contributed by atoms with Gasteiger partial charge in [-0.15, -0.1) is 0 Å². The molecule has 1 aliphatic heterocycles. The molecule has 4 nitrogen and oxygen atoms in total. The highest BCUT2D eigenvalue weighted by Crippen LogP contribution is 2.24. The van der Waals surface area contributed by atoms with Crippen LogP contribution in [-0.2, 0) is 4.74 Å². The second kappa shape index (κ2) is 4.39. The van der Waals surface area contributed by atoms with E-state index in [9.17, 15) is 4.79 Å². The van der Waals surface area contributed by atoms with Crippen molar-refractivity contribution in [2.75, 3.05) is 19.7 Å². The molecule has 0 aliphatic carbocycles. The van der Waals surface area contributed by atoms with E-state index in [4.69, 9.17) is 9.84 Å². The number of aliphatic hydroxyl groups excluding tert-OH is 1. The first-order valence-electron chi connectivity index (χ1n) is 5.42. The summed E-state index contributed by atoms with van der Waals surface area (Å²) in [6, 6.07) is 0. The summed E-state index contributed by atoms with van der Waals surface area (Å²) < 4.78 is 5.27. The standard InChI is InChI=1S/C11H21NO3/c1-8-5-12(6-9(8)7-13)10(14)15-11(2,3)4/h8-9,13H,5-7H2,1-4H3/t8-,9+/m0/s1. The maximum Gasteiger partial charge on any atom is 0.410 e. The van der Waals surface area contributed by atoms with Gasteiger partial charge in [0.1, 0.15) is 5.60 Å². The van der Waals surface area contributed by atoms with Crippen molar-refractivity contribution in [2.45, 2.75) is 33.3 Å². The zero-order valence-electron chi connectivity index (χ0n) is 9.99. The molecule has 1 N–H and O–H groups in total. The minimum atomic E-state index is -0.447. The van der Waals surface area contributed by atoms with Gasteiger partial charge < -0.3 is 14.7 Å². The highest BCUT2D eigenvalue weighted by Gasteiger charge is 2.34. The molecule has 1 amide bonds. The summed E-state index contributed by atoms with van der Waals surface area (Å²) in [5.74, 6) is 0.542. The van der Waals surface area contributed by atoms with Gasteiger partial charge in [0.05, 0.1) is 0 Å². The third kappa shape index (κ3) is 3.38. The minimum Gasteiger partial charge on any atom is -0.444 e. The summed E-state index contributed by atoms with van der Waals surface area (Å²) in [4.78, 5) is 13.4. The first-order valence-corrected chi connectivity index (χ1v) is 5.42. The summed E-state index contributed by atoms with van der Waals surface area (Å²) in [5, 5.41) is 9.09. The minimum absolute atomic E-state index is 0.139. The van der Waals surface area contributed by atoms with Crippen molar-refractivity contribution in [3.05, 3.63) is 0 Å². The first kappa shape index (κ1) is 12.3. The van der Waals surface area contributed by atoms with Crippen molar-refractivity contribution in [3.63, 3.8) is 0 Å². The Bertz CT molecular complexity index is 234. The molecule has 1 fully saturated rings. The van der Waals surface area contributed by atoms with Gasteiger partial charge >= 0.3 is 6.09 Å². The second-order valence-electron chi connectivity index (χ2n) is 5.31. The first-order chi connectivity index (χ1) is 6.83. The summed E-state index contributed by atoms with van der Waals surface area (Å²) >= 11 is 0. The van der Waals surface area contributed by atoms with Crippen LogP contribution in [0.2, 0.25) is 0 Å². The maximum atomic E-state index is 11.7. The number of likely N-dealkylation sites (tertiary alicyclic amines) is 1. The lowest BCUT2D eigenvalue weighted by Gasteiger charge is -2.24. The predicted octanol–water partition coefficient (Wildman–Crippen LogP) is 1.48. The molecule has 4 heteroatoms. The Morgan fingerprint density at radius 1 is 1.47 bits per heavy atom. The number of ether oxygens (including phenoxy) is 1. The summed E-state index contributed by atoms with van der Waals surface area (Å²) in [7, 11) is 0. The van der Waals surface area contributed by atoms with Crippen molar-refractivity contribution < 1.29 is 14.6 Å². The molecular formula is C11H21NO3. The number of amides is 1. The Morgan fingerprint density at radius 2 is 2.07 bits per heavy atom.